The minimum absolute atomic E-state index is 0.177. The first-order chi connectivity index (χ1) is 13.8. The second kappa shape index (κ2) is 7.35. The monoisotopic (exact) mass is 398 g/mol. The van der Waals surface area contributed by atoms with Crippen molar-refractivity contribution >= 4 is 29.0 Å². The molecule has 1 aliphatic heterocycles. The highest BCUT2D eigenvalue weighted by molar-refractivity contribution is 6.01. The zero-order valence-electron chi connectivity index (χ0n) is 17.7. The topological polar surface area (TPSA) is 67.7 Å². The molecule has 2 fully saturated rings. The molecule has 0 atom stereocenters. The number of aryl methyl sites for hydroxylation is 1. The summed E-state index contributed by atoms with van der Waals surface area (Å²) in [5.74, 6) is 0. The molecule has 0 unspecified atom stereocenters. The molecule has 29 heavy (non-hydrogen) atoms. The molecule has 2 aromatic rings. The second-order valence-corrected chi connectivity index (χ2v) is 9.19. The average molecular weight is 399 g/mol. The first kappa shape index (κ1) is 19.7. The van der Waals surface area contributed by atoms with Crippen LogP contribution >= 0.6 is 0 Å². The van der Waals surface area contributed by atoms with Gasteiger partial charge in [0.15, 0.2) is 6.29 Å². The molecule has 1 saturated heterocycles. The van der Waals surface area contributed by atoms with Crippen LogP contribution in [0.25, 0.3) is 10.9 Å². The van der Waals surface area contributed by atoms with Gasteiger partial charge in [-0.25, -0.2) is 4.79 Å². The maximum atomic E-state index is 12.8. The van der Waals surface area contributed by atoms with Crippen molar-refractivity contribution in [1.29, 1.82) is 0 Å². The molecule has 156 valence electrons. The maximum Gasteiger partial charge on any atom is 0.410 e. The van der Waals surface area contributed by atoms with E-state index in [-0.39, 0.29) is 12.1 Å². The van der Waals surface area contributed by atoms with E-state index in [1.807, 2.05) is 51.0 Å². The van der Waals surface area contributed by atoms with Gasteiger partial charge in [-0.3, -0.25) is 9.48 Å². The van der Waals surface area contributed by atoms with Crippen LogP contribution in [0.3, 0.4) is 0 Å². The number of hydrogen-bond donors (Lipinski definition) is 0. The standard InChI is InChI=1S/C22H30N4O3/c1-22(2,3)29-21(28)26(16-6-7-16)17-9-11-25(12-10-17)19-8-5-15(14-27)20-18(19)13-24(4)23-20/h5,8,13-14,16-17H,6-7,9-12H2,1-4H3. The number of anilines is 1. The summed E-state index contributed by atoms with van der Waals surface area (Å²) < 4.78 is 7.44. The number of rotatable bonds is 4. The molecule has 0 radical (unpaired) electrons. The predicted octanol–water partition coefficient (Wildman–Crippen LogP) is 3.75. The Morgan fingerprint density at radius 1 is 1.17 bits per heavy atom. The summed E-state index contributed by atoms with van der Waals surface area (Å²) >= 11 is 0. The van der Waals surface area contributed by atoms with E-state index >= 15 is 0 Å². The lowest BCUT2D eigenvalue weighted by atomic mass is 10.0. The van der Waals surface area contributed by atoms with E-state index in [0.29, 0.717) is 11.6 Å². The largest absolute Gasteiger partial charge is 0.444 e. The number of carbonyl (C=O) groups is 2. The molecule has 1 amide bonds. The van der Waals surface area contributed by atoms with Crippen LogP contribution in [0.5, 0.6) is 0 Å². The number of aromatic nitrogens is 2. The molecule has 2 aliphatic rings. The third-order valence-electron chi connectivity index (χ3n) is 5.67. The Morgan fingerprint density at radius 2 is 1.83 bits per heavy atom. The molecule has 0 spiro atoms. The van der Waals surface area contributed by atoms with Crippen LogP contribution in [0.1, 0.15) is 56.8 Å². The zero-order valence-corrected chi connectivity index (χ0v) is 17.7. The van der Waals surface area contributed by atoms with Gasteiger partial charge in [0.2, 0.25) is 0 Å². The van der Waals surface area contributed by atoms with Gasteiger partial charge in [-0.05, 0) is 58.6 Å². The SMILES string of the molecule is Cn1cc2c(N3CCC(N(C(=O)OC(C)(C)C)C4CC4)CC3)ccc(C=O)c2n1. The highest BCUT2D eigenvalue weighted by atomic mass is 16.6. The van der Waals surface area contributed by atoms with E-state index in [0.717, 1.165) is 61.6 Å². The van der Waals surface area contributed by atoms with E-state index in [1.165, 1.54) is 0 Å². The van der Waals surface area contributed by atoms with E-state index in [9.17, 15) is 9.59 Å². The van der Waals surface area contributed by atoms with Crippen molar-refractivity contribution in [3.63, 3.8) is 0 Å². The lowest BCUT2D eigenvalue weighted by molar-refractivity contribution is 0.0114. The van der Waals surface area contributed by atoms with Crippen molar-refractivity contribution in [1.82, 2.24) is 14.7 Å². The molecule has 1 aliphatic carbocycles. The zero-order chi connectivity index (χ0) is 20.8. The summed E-state index contributed by atoms with van der Waals surface area (Å²) in [6, 6.07) is 4.41. The van der Waals surface area contributed by atoms with Crippen molar-refractivity contribution in [3.05, 3.63) is 23.9 Å². The summed E-state index contributed by atoms with van der Waals surface area (Å²) in [6.07, 6.45) is 6.62. The molecular weight excluding hydrogens is 368 g/mol. The van der Waals surface area contributed by atoms with Gasteiger partial charge in [0.05, 0.1) is 0 Å². The first-order valence-electron chi connectivity index (χ1n) is 10.4. The highest BCUT2D eigenvalue weighted by Gasteiger charge is 2.40. The molecule has 2 heterocycles. The molecule has 1 saturated carbocycles. The molecule has 0 bridgehead atoms. The van der Waals surface area contributed by atoms with E-state index < -0.39 is 5.60 Å². The van der Waals surface area contributed by atoms with Gasteiger partial charge < -0.3 is 14.5 Å². The van der Waals surface area contributed by atoms with Crippen molar-refractivity contribution in [2.45, 2.75) is 64.1 Å². The van der Waals surface area contributed by atoms with Gasteiger partial charge in [0, 0.05) is 55.1 Å². The third-order valence-corrected chi connectivity index (χ3v) is 5.67. The molecule has 1 aromatic heterocycles. The van der Waals surface area contributed by atoms with Crippen molar-refractivity contribution in [2.75, 3.05) is 18.0 Å². The quantitative estimate of drug-likeness (QED) is 0.734. The van der Waals surface area contributed by atoms with Crippen molar-refractivity contribution in [3.8, 4) is 0 Å². The van der Waals surface area contributed by atoms with Crippen molar-refractivity contribution < 1.29 is 14.3 Å². The number of piperidine rings is 1. The molecule has 7 nitrogen and oxygen atoms in total. The number of fused-ring (bicyclic) bond motifs is 1. The number of amides is 1. The van der Waals surface area contributed by atoms with Gasteiger partial charge in [-0.15, -0.1) is 0 Å². The number of ether oxygens (including phenoxy) is 1. The minimum atomic E-state index is -0.475. The molecule has 1 aromatic carbocycles. The normalized spacial score (nSPS) is 18.1. The molecular formula is C22H30N4O3. The number of benzene rings is 1. The fourth-order valence-electron chi connectivity index (χ4n) is 4.25. The third kappa shape index (κ3) is 4.09. The molecule has 0 N–H and O–H groups in total. The number of hydrogen-bond acceptors (Lipinski definition) is 5. The summed E-state index contributed by atoms with van der Waals surface area (Å²) in [7, 11) is 1.87. The smallest absolute Gasteiger partial charge is 0.410 e. The summed E-state index contributed by atoms with van der Waals surface area (Å²) in [4.78, 5) is 28.5. The average Bonchev–Trinajstić information content (AvgIpc) is 3.39. The van der Waals surface area contributed by atoms with Crippen LogP contribution in [0, 0.1) is 0 Å². The van der Waals surface area contributed by atoms with Crippen LogP contribution in [0.4, 0.5) is 10.5 Å². The highest BCUT2D eigenvalue weighted by Crippen LogP contribution is 2.35. The Labute approximate surface area is 171 Å². The number of nitrogens with zero attached hydrogens (tertiary/aromatic N) is 4. The molecule has 7 heteroatoms. The summed E-state index contributed by atoms with van der Waals surface area (Å²) in [5.41, 5.74) is 1.99. The maximum absolute atomic E-state index is 12.8. The van der Waals surface area contributed by atoms with E-state index in [2.05, 4.69) is 10.00 Å². The van der Waals surface area contributed by atoms with Crippen LogP contribution in [-0.4, -0.2) is 57.8 Å². The fraction of sp³-hybridized carbons (Fsp3) is 0.591. The Bertz CT molecular complexity index is 918. The number of aldehydes is 1. The van der Waals surface area contributed by atoms with Crippen LogP contribution in [-0.2, 0) is 11.8 Å². The van der Waals surface area contributed by atoms with Gasteiger partial charge in [-0.2, -0.15) is 5.10 Å². The van der Waals surface area contributed by atoms with Gasteiger partial charge in [0.25, 0.3) is 0 Å². The van der Waals surface area contributed by atoms with Crippen molar-refractivity contribution in [2.24, 2.45) is 7.05 Å². The minimum Gasteiger partial charge on any atom is -0.444 e. The lowest BCUT2D eigenvalue weighted by Crippen LogP contribution is -2.50. The Balaban J connectivity index is 1.50. The Morgan fingerprint density at radius 3 is 2.41 bits per heavy atom. The van der Waals surface area contributed by atoms with Gasteiger partial charge in [0.1, 0.15) is 11.1 Å². The van der Waals surface area contributed by atoms with Gasteiger partial charge >= 0.3 is 6.09 Å². The Hall–Kier alpha value is -2.57. The summed E-state index contributed by atoms with van der Waals surface area (Å²) in [5, 5.41) is 5.46. The molecule has 4 rings (SSSR count). The van der Waals surface area contributed by atoms with Crippen LogP contribution < -0.4 is 4.90 Å². The van der Waals surface area contributed by atoms with E-state index in [4.69, 9.17) is 4.74 Å². The fourth-order valence-corrected chi connectivity index (χ4v) is 4.25. The lowest BCUT2D eigenvalue weighted by Gasteiger charge is -2.40. The van der Waals surface area contributed by atoms with Crippen LogP contribution in [0.15, 0.2) is 18.3 Å². The first-order valence-corrected chi connectivity index (χ1v) is 10.4. The number of carbonyl (C=O) groups excluding carboxylic acids is 2. The predicted molar refractivity (Wildman–Crippen MR) is 112 cm³/mol. The van der Waals surface area contributed by atoms with E-state index in [1.54, 1.807) is 4.68 Å². The van der Waals surface area contributed by atoms with Crippen LogP contribution in [0.2, 0.25) is 0 Å². The Kier molecular flexibility index (Phi) is 5.00. The van der Waals surface area contributed by atoms with Gasteiger partial charge in [-0.1, -0.05) is 0 Å². The summed E-state index contributed by atoms with van der Waals surface area (Å²) in [6.45, 7) is 7.48. The second-order valence-electron chi connectivity index (χ2n) is 9.19.